The number of aryl methyl sites for hydroxylation is 1. The van der Waals surface area contributed by atoms with Crippen LogP contribution < -0.4 is 5.32 Å². The molecule has 2 heterocycles. The average Bonchev–Trinajstić information content (AvgIpc) is 3.22. The van der Waals surface area contributed by atoms with Crippen LogP contribution in [0.4, 0.5) is 13.2 Å². The van der Waals surface area contributed by atoms with Crippen LogP contribution in [0.15, 0.2) is 46.9 Å². The maximum Gasteiger partial charge on any atom is 0.416 e. The fourth-order valence-electron chi connectivity index (χ4n) is 2.62. The fraction of sp³-hybridized carbons (Fsp3) is 0.222. The van der Waals surface area contributed by atoms with Gasteiger partial charge in [0.05, 0.1) is 11.6 Å². The molecule has 3 rings (SSSR count). The van der Waals surface area contributed by atoms with Crippen molar-refractivity contribution in [1.29, 1.82) is 0 Å². The number of carbonyl (C=O) groups excluding carboxylic acids is 1. The molecular weight excluding hydrogens is 347 g/mol. The zero-order chi connectivity index (χ0) is 18.9. The molecule has 1 unspecified atom stereocenters. The first-order chi connectivity index (χ1) is 12.3. The number of halogens is 3. The molecule has 0 spiro atoms. The maximum absolute atomic E-state index is 13.1. The monoisotopic (exact) mass is 363 g/mol. The van der Waals surface area contributed by atoms with E-state index in [2.05, 4.69) is 15.5 Å². The molecule has 1 atom stereocenters. The first-order valence-electron chi connectivity index (χ1n) is 7.85. The number of hydrogen-bond acceptors (Lipinski definition) is 3. The molecule has 5 nitrogen and oxygen atoms in total. The molecule has 0 fully saturated rings. The number of nitrogens with one attached hydrogen (secondary N) is 2. The number of furan rings is 1. The van der Waals surface area contributed by atoms with Crippen LogP contribution in [0.1, 0.15) is 40.3 Å². The molecule has 0 radical (unpaired) electrons. The molecule has 136 valence electrons. The summed E-state index contributed by atoms with van der Waals surface area (Å²) in [6.45, 7) is 3.28. The van der Waals surface area contributed by atoms with Gasteiger partial charge in [0, 0.05) is 6.07 Å². The number of H-pyrrole nitrogens is 1. The maximum atomic E-state index is 13.1. The summed E-state index contributed by atoms with van der Waals surface area (Å²) >= 11 is 0. The molecule has 0 saturated carbocycles. The van der Waals surface area contributed by atoms with Gasteiger partial charge in [-0.15, -0.1) is 0 Å². The average molecular weight is 363 g/mol. The molecule has 0 saturated heterocycles. The summed E-state index contributed by atoms with van der Waals surface area (Å²) in [6.07, 6.45) is -4.49. The van der Waals surface area contributed by atoms with Crippen molar-refractivity contribution in [3.8, 4) is 11.5 Å². The first-order valence-corrected chi connectivity index (χ1v) is 7.85. The minimum absolute atomic E-state index is 0.00855. The summed E-state index contributed by atoms with van der Waals surface area (Å²) in [7, 11) is 0. The molecule has 0 bridgehead atoms. The Labute approximate surface area is 147 Å². The Bertz CT molecular complexity index is 928. The van der Waals surface area contributed by atoms with E-state index in [1.54, 1.807) is 19.1 Å². The third kappa shape index (κ3) is 3.63. The number of hydrogen-bond donors (Lipinski definition) is 2. The van der Waals surface area contributed by atoms with E-state index in [0.717, 1.165) is 6.07 Å². The Kier molecular flexibility index (Phi) is 4.58. The van der Waals surface area contributed by atoms with Crippen molar-refractivity contribution in [2.24, 2.45) is 0 Å². The van der Waals surface area contributed by atoms with Gasteiger partial charge in [-0.2, -0.15) is 18.3 Å². The van der Waals surface area contributed by atoms with Crippen LogP contribution >= 0.6 is 0 Å². The molecule has 0 aliphatic carbocycles. The van der Waals surface area contributed by atoms with Crippen molar-refractivity contribution in [3.05, 3.63) is 65.0 Å². The van der Waals surface area contributed by atoms with E-state index in [0.29, 0.717) is 17.2 Å². The number of benzene rings is 1. The molecule has 2 N–H and O–H groups in total. The molecule has 1 amide bonds. The van der Waals surface area contributed by atoms with Crippen LogP contribution in [-0.4, -0.2) is 16.1 Å². The normalized spacial score (nSPS) is 12.8. The van der Waals surface area contributed by atoms with Gasteiger partial charge < -0.3 is 9.73 Å². The predicted molar refractivity (Wildman–Crippen MR) is 88.4 cm³/mol. The molecule has 26 heavy (non-hydrogen) atoms. The lowest BCUT2D eigenvalue weighted by atomic mass is 10.0. The number of aromatic amines is 1. The van der Waals surface area contributed by atoms with E-state index in [4.69, 9.17) is 4.42 Å². The SMILES string of the molecule is Cc1ccc(-c2cc(C(=O)NC(C)c3ccccc3C(F)(F)F)n[nH]2)o1. The van der Waals surface area contributed by atoms with Gasteiger partial charge in [0.2, 0.25) is 0 Å². The van der Waals surface area contributed by atoms with E-state index in [1.807, 2.05) is 0 Å². The predicted octanol–water partition coefficient (Wildman–Crippen LogP) is 4.49. The van der Waals surface area contributed by atoms with Gasteiger partial charge in [0.15, 0.2) is 11.5 Å². The highest BCUT2D eigenvalue weighted by Gasteiger charge is 2.34. The highest BCUT2D eigenvalue weighted by Crippen LogP contribution is 2.34. The summed E-state index contributed by atoms with van der Waals surface area (Å²) in [5.74, 6) is 0.641. The molecule has 8 heteroatoms. The third-order valence-electron chi connectivity index (χ3n) is 3.90. The molecule has 2 aromatic heterocycles. The second kappa shape index (κ2) is 6.70. The van der Waals surface area contributed by atoms with Crippen molar-refractivity contribution >= 4 is 5.91 Å². The van der Waals surface area contributed by atoms with Crippen LogP contribution in [0.3, 0.4) is 0 Å². The van der Waals surface area contributed by atoms with Crippen LogP contribution in [0.5, 0.6) is 0 Å². The summed E-state index contributed by atoms with van der Waals surface area (Å²) in [6, 6.07) is 9.28. The zero-order valence-electron chi connectivity index (χ0n) is 14.0. The number of carbonyl (C=O) groups is 1. The Morgan fingerprint density at radius 1 is 1.23 bits per heavy atom. The Morgan fingerprint density at radius 2 is 1.96 bits per heavy atom. The topological polar surface area (TPSA) is 70.9 Å². The lowest BCUT2D eigenvalue weighted by Gasteiger charge is -2.19. The fourth-order valence-corrected chi connectivity index (χ4v) is 2.62. The van der Waals surface area contributed by atoms with E-state index >= 15 is 0 Å². The summed E-state index contributed by atoms with van der Waals surface area (Å²) < 4.78 is 44.8. The Balaban J connectivity index is 1.78. The van der Waals surface area contributed by atoms with E-state index < -0.39 is 23.7 Å². The van der Waals surface area contributed by atoms with E-state index in [-0.39, 0.29) is 11.3 Å². The summed E-state index contributed by atoms with van der Waals surface area (Å²) in [5, 5.41) is 9.12. The molecular formula is C18H16F3N3O2. The van der Waals surface area contributed by atoms with Gasteiger partial charge >= 0.3 is 6.18 Å². The highest BCUT2D eigenvalue weighted by atomic mass is 19.4. The summed E-state index contributed by atoms with van der Waals surface area (Å²) in [5.41, 5.74) is -0.218. The molecule has 1 aromatic carbocycles. The Hall–Kier alpha value is -3.03. The van der Waals surface area contributed by atoms with Crippen molar-refractivity contribution in [1.82, 2.24) is 15.5 Å². The van der Waals surface area contributed by atoms with E-state index in [1.165, 1.54) is 31.2 Å². The number of nitrogens with zero attached hydrogens (tertiary/aromatic N) is 1. The van der Waals surface area contributed by atoms with Crippen LogP contribution in [0.2, 0.25) is 0 Å². The van der Waals surface area contributed by atoms with Crippen molar-refractivity contribution in [3.63, 3.8) is 0 Å². The van der Waals surface area contributed by atoms with Gasteiger partial charge in [0.25, 0.3) is 5.91 Å². The van der Waals surface area contributed by atoms with Gasteiger partial charge in [0.1, 0.15) is 11.5 Å². The van der Waals surface area contributed by atoms with Gasteiger partial charge in [-0.3, -0.25) is 9.89 Å². The number of alkyl halides is 3. The summed E-state index contributed by atoms with van der Waals surface area (Å²) in [4.78, 5) is 12.3. The smallest absolute Gasteiger partial charge is 0.416 e. The highest BCUT2D eigenvalue weighted by molar-refractivity contribution is 5.93. The van der Waals surface area contributed by atoms with E-state index in [9.17, 15) is 18.0 Å². The van der Waals surface area contributed by atoms with Crippen molar-refractivity contribution in [2.75, 3.05) is 0 Å². The molecule has 0 aliphatic rings. The minimum atomic E-state index is -4.49. The number of amides is 1. The lowest BCUT2D eigenvalue weighted by Crippen LogP contribution is -2.28. The molecule has 3 aromatic rings. The second-order valence-corrected chi connectivity index (χ2v) is 5.86. The lowest BCUT2D eigenvalue weighted by molar-refractivity contribution is -0.138. The number of rotatable bonds is 4. The second-order valence-electron chi connectivity index (χ2n) is 5.86. The third-order valence-corrected chi connectivity index (χ3v) is 3.90. The van der Waals surface area contributed by atoms with Gasteiger partial charge in [-0.1, -0.05) is 18.2 Å². The quantitative estimate of drug-likeness (QED) is 0.718. The zero-order valence-corrected chi connectivity index (χ0v) is 14.0. The standard InChI is InChI=1S/C18H16F3N3O2/c1-10-7-8-16(26-10)14-9-15(24-23-14)17(25)22-11(2)12-5-3-4-6-13(12)18(19,20)21/h3-9,11H,1-2H3,(H,22,25)(H,23,24). The van der Waals surface area contributed by atoms with Crippen LogP contribution in [0.25, 0.3) is 11.5 Å². The molecule has 0 aliphatic heterocycles. The van der Waals surface area contributed by atoms with Gasteiger partial charge in [-0.25, -0.2) is 0 Å². The minimum Gasteiger partial charge on any atom is -0.460 e. The van der Waals surface area contributed by atoms with Crippen LogP contribution in [0, 0.1) is 6.92 Å². The Morgan fingerprint density at radius 3 is 2.62 bits per heavy atom. The number of aromatic nitrogens is 2. The van der Waals surface area contributed by atoms with Gasteiger partial charge in [-0.05, 0) is 37.6 Å². The first kappa shape index (κ1) is 17.8. The van der Waals surface area contributed by atoms with Crippen LogP contribution in [-0.2, 0) is 6.18 Å². The largest absolute Gasteiger partial charge is 0.460 e. The van der Waals surface area contributed by atoms with Crippen molar-refractivity contribution in [2.45, 2.75) is 26.1 Å². The van der Waals surface area contributed by atoms with Crippen molar-refractivity contribution < 1.29 is 22.4 Å².